The van der Waals surface area contributed by atoms with E-state index in [1.165, 1.54) is 38.5 Å². The van der Waals surface area contributed by atoms with Crippen LogP contribution in [0.2, 0.25) is 0 Å². The molecule has 0 spiro atoms. The van der Waals surface area contributed by atoms with E-state index in [-0.39, 0.29) is 34.5 Å². The molecule has 4 aromatic carbocycles. The first-order chi connectivity index (χ1) is 19.9. The Hall–Kier alpha value is -4.25. The Morgan fingerprint density at radius 2 is 1.60 bits per heavy atom. The maximum absolute atomic E-state index is 13.8. The molecule has 1 amide bonds. The maximum Gasteiger partial charge on any atom is 0.416 e. The van der Waals surface area contributed by atoms with Crippen LogP contribution in [0.15, 0.2) is 89.8 Å². The van der Waals surface area contributed by atoms with E-state index in [0.717, 1.165) is 28.5 Å². The van der Waals surface area contributed by atoms with E-state index < -0.39 is 34.2 Å². The molecule has 1 atom stereocenters. The number of fused-ring (bicyclic) bond motifs is 1. The van der Waals surface area contributed by atoms with Crippen LogP contribution in [-0.4, -0.2) is 41.6 Å². The van der Waals surface area contributed by atoms with Gasteiger partial charge in [0, 0.05) is 12.6 Å². The second-order valence-electron chi connectivity index (χ2n) is 9.83. The summed E-state index contributed by atoms with van der Waals surface area (Å²) in [7, 11) is -1.80. The fourth-order valence-electron chi connectivity index (χ4n) is 4.65. The Bertz CT molecular complexity index is 1670. The molecule has 0 aliphatic heterocycles. The Kier molecular flexibility index (Phi) is 9.30. The predicted molar refractivity (Wildman–Crippen MR) is 155 cm³/mol. The Labute approximate surface area is 242 Å². The van der Waals surface area contributed by atoms with Gasteiger partial charge in [-0.25, -0.2) is 8.42 Å². The van der Waals surface area contributed by atoms with Crippen LogP contribution in [0, 0.1) is 5.92 Å². The van der Waals surface area contributed by atoms with Crippen molar-refractivity contribution in [2.75, 3.05) is 31.6 Å². The van der Waals surface area contributed by atoms with E-state index in [4.69, 9.17) is 9.47 Å². The number of benzene rings is 4. The number of carbonyl (C=O) groups is 1. The lowest BCUT2D eigenvalue weighted by molar-refractivity contribution is -0.137. The Morgan fingerprint density at radius 3 is 2.31 bits per heavy atom. The minimum Gasteiger partial charge on any atom is -0.493 e. The van der Waals surface area contributed by atoms with Gasteiger partial charge in [-0.15, -0.1) is 0 Å². The molecule has 7 nitrogen and oxygen atoms in total. The molecule has 4 rings (SSSR count). The quantitative estimate of drug-likeness (QED) is 0.226. The molecule has 0 aliphatic rings. The summed E-state index contributed by atoms with van der Waals surface area (Å²) in [6.07, 6.45) is -4.06. The predicted octanol–water partition coefficient (Wildman–Crippen LogP) is 6.07. The summed E-state index contributed by atoms with van der Waals surface area (Å²) in [4.78, 5) is 12.8. The first kappa shape index (κ1) is 30.7. The van der Waals surface area contributed by atoms with E-state index in [2.05, 4.69) is 5.32 Å². The molecule has 0 fully saturated rings. The average molecular weight is 601 g/mol. The highest BCUT2D eigenvalue weighted by Crippen LogP contribution is 2.35. The summed E-state index contributed by atoms with van der Waals surface area (Å²) < 4.78 is 79.1. The smallest absolute Gasteiger partial charge is 0.416 e. The highest BCUT2D eigenvalue weighted by atomic mass is 32.2. The SMILES string of the molecule is COc1ccc(S(=O)(=O)N(CC(=O)NCC(C)Cc2cccc3ccccc23)c2cccc(C(F)(F)F)c2)cc1OC. The molecule has 0 saturated carbocycles. The molecule has 0 saturated heterocycles. The number of sulfonamides is 1. The van der Waals surface area contributed by atoms with Gasteiger partial charge in [-0.3, -0.25) is 9.10 Å². The van der Waals surface area contributed by atoms with Crippen LogP contribution in [0.3, 0.4) is 0 Å². The van der Waals surface area contributed by atoms with Gasteiger partial charge in [-0.2, -0.15) is 13.2 Å². The van der Waals surface area contributed by atoms with Gasteiger partial charge in [0.1, 0.15) is 6.54 Å². The molecule has 0 bridgehead atoms. The molecule has 1 N–H and O–H groups in total. The van der Waals surface area contributed by atoms with Crippen molar-refractivity contribution in [3.63, 3.8) is 0 Å². The number of ether oxygens (including phenoxy) is 2. The number of nitrogens with one attached hydrogen (secondary N) is 1. The van der Waals surface area contributed by atoms with Gasteiger partial charge in [0.05, 0.1) is 30.4 Å². The van der Waals surface area contributed by atoms with Crippen LogP contribution < -0.4 is 19.1 Å². The van der Waals surface area contributed by atoms with Crippen LogP contribution in [0.5, 0.6) is 11.5 Å². The topological polar surface area (TPSA) is 84.9 Å². The molecule has 1 unspecified atom stereocenters. The molecule has 42 heavy (non-hydrogen) atoms. The normalized spacial score (nSPS) is 12.5. The van der Waals surface area contributed by atoms with Crippen LogP contribution in [-0.2, 0) is 27.4 Å². The van der Waals surface area contributed by atoms with Crippen LogP contribution in [0.25, 0.3) is 10.8 Å². The van der Waals surface area contributed by atoms with Crippen molar-refractivity contribution in [3.05, 3.63) is 96.1 Å². The molecule has 0 heterocycles. The summed E-state index contributed by atoms with van der Waals surface area (Å²) in [5, 5.41) is 4.95. The second kappa shape index (κ2) is 12.7. The highest BCUT2D eigenvalue weighted by Gasteiger charge is 2.33. The zero-order chi connectivity index (χ0) is 30.5. The largest absolute Gasteiger partial charge is 0.493 e. The van der Waals surface area contributed by atoms with Crippen molar-refractivity contribution < 1.29 is 35.9 Å². The minimum absolute atomic E-state index is 0.00998. The molecule has 0 aliphatic carbocycles. The molecule has 11 heteroatoms. The fourth-order valence-corrected chi connectivity index (χ4v) is 6.08. The number of halogens is 3. The number of rotatable bonds is 11. The summed E-state index contributed by atoms with van der Waals surface area (Å²) in [6, 6.07) is 21.6. The average Bonchev–Trinajstić information content (AvgIpc) is 2.98. The van der Waals surface area contributed by atoms with Crippen LogP contribution in [0.4, 0.5) is 18.9 Å². The number of anilines is 1. The third-order valence-electron chi connectivity index (χ3n) is 6.79. The van der Waals surface area contributed by atoms with E-state index >= 15 is 0 Å². The van der Waals surface area contributed by atoms with Crippen molar-refractivity contribution in [3.8, 4) is 11.5 Å². The summed E-state index contributed by atoms with van der Waals surface area (Å²) in [5.41, 5.74) is -0.244. The van der Waals surface area contributed by atoms with Crippen molar-refractivity contribution in [2.45, 2.75) is 24.4 Å². The van der Waals surface area contributed by atoms with Crippen LogP contribution in [0.1, 0.15) is 18.1 Å². The monoisotopic (exact) mass is 600 g/mol. The summed E-state index contributed by atoms with van der Waals surface area (Å²) in [6.45, 7) is 1.45. The van der Waals surface area contributed by atoms with Gasteiger partial charge in [-0.1, -0.05) is 55.5 Å². The number of amides is 1. The lowest BCUT2D eigenvalue weighted by Crippen LogP contribution is -2.42. The zero-order valence-corrected chi connectivity index (χ0v) is 24.1. The summed E-state index contributed by atoms with van der Waals surface area (Å²) in [5.74, 6) is -0.306. The zero-order valence-electron chi connectivity index (χ0n) is 23.3. The van der Waals surface area contributed by atoms with Gasteiger partial charge >= 0.3 is 6.18 Å². The van der Waals surface area contributed by atoms with E-state index in [1.54, 1.807) is 0 Å². The number of hydrogen-bond acceptors (Lipinski definition) is 5. The number of hydrogen-bond donors (Lipinski definition) is 1. The van der Waals surface area contributed by atoms with Gasteiger partial charge in [0.25, 0.3) is 10.0 Å². The number of nitrogens with zero attached hydrogens (tertiary/aromatic N) is 1. The third-order valence-corrected chi connectivity index (χ3v) is 8.56. The van der Waals surface area contributed by atoms with E-state index in [1.807, 2.05) is 49.4 Å². The minimum atomic E-state index is -4.71. The van der Waals surface area contributed by atoms with E-state index in [9.17, 15) is 26.4 Å². The number of carbonyl (C=O) groups excluding carboxylic acids is 1. The van der Waals surface area contributed by atoms with Crippen molar-refractivity contribution in [2.24, 2.45) is 5.92 Å². The maximum atomic E-state index is 13.8. The number of alkyl halides is 3. The Morgan fingerprint density at radius 1 is 0.905 bits per heavy atom. The summed E-state index contributed by atoms with van der Waals surface area (Å²) >= 11 is 0. The molecular weight excluding hydrogens is 569 g/mol. The molecule has 222 valence electrons. The molecule has 0 radical (unpaired) electrons. The van der Waals surface area contributed by atoms with Gasteiger partial charge in [0.2, 0.25) is 5.91 Å². The van der Waals surface area contributed by atoms with Crippen molar-refractivity contribution >= 4 is 32.4 Å². The van der Waals surface area contributed by atoms with Gasteiger partial charge in [-0.05, 0) is 59.0 Å². The number of methoxy groups -OCH3 is 2. The second-order valence-corrected chi connectivity index (χ2v) is 11.7. The molecule has 0 aromatic heterocycles. The van der Waals surface area contributed by atoms with Crippen molar-refractivity contribution in [1.29, 1.82) is 0 Å². The van der Waals surface area contributed by atoms with Gasteiger partial charge in [0.15, 0.2) is 11.5 Å². The van der Waals surface area contributed by atoms with E-state index in [0.29, 0.717) is 16.8 Å². The van der Waals surface area contributed by atoms with Crippen LogP contribution >= 0.6 is 0 Å². The first-order valence-corrected chi connectivity index (χ1v) is 14.5. The molecule has 4 aromatic rings. The molecular formula is C31H31F3N2O5S. The highest BCUT2D eigenvalue weighted by molar-refractivity contribution is 7.92. The third kappa shape index (κ3) is 6.96. The lowest BCUT2D eigenvalue weighted by Gasteiger charge is -2.25. The standard InChI is InChI=1S/C31H31F3N2O5S/c1-21(16-23-10-6-9-22-8-4-5-13-27(22)23)19-35-30(37)20-36(25-12-7-11-24(17-25)31(32,33)34)42(38,39)26-14-15-28(40-2)29(18-26)41-3/h4-15,17-18,21H,16,19-20H2,1-3H3,(H,35,37). The Balaban J connectivity index is 1.58. The first-order valence-electron chi connectivity index (χ1n) is 13.1. The lowest BCUT2D eigenvalue weighted by atomic mass is 9.96. The fraction of sp³-hybridized carbons (Fsp3) is 0.258. The van der Waals surface area contributed by atoms with Crippen molar-refractivity contribution in [1.82, 2.24) is 5.32 Å². The van der Waals surface area contributed by atoms with Gasteiger partial charge < -0.3 is 14.8 Å².